The van der Waals surface area contributed by atoms with E-state index in [4.69, 9.17) is 11.5 Å². The first-order chi connectivity index (χ1) is 6.13. The molecule has 0 radical (unpaired) electrons. The molecule has 70 valence electrons. The fraction of sp³-hybridized carbons (Fsp3) is 0.333. The minimum absolute atomic E-state index is 0.0782. The average molecular weight is 179 g/mol. The van der Waals surface area contributed by atoms with Gasteiger partial charge in [0, 0.05) is 24.7 Å². The van der Waals surface area contributed by atoms with Gasteiger partial charge in [-0.15, -0.1) is 0 Å². The highest BCUT2D eigenvalue weighted by molar-refractivity contribution is 5.92. The Morgan fingerprint density at radius 3 is 2.77 bits per heavy atom. The van der Waals surface area contributed by atoms with Crippen LogP contribution in [0.3, 0.4) is 0 Å². The zero-order valence-corrected chi connectivity index (χ0v) is 7.58. The van der Waals surface area contributed by atoms with Crippen LogP contribution in [0.1, 0.15) is 23.1 Å². The highest BCUT2D eigenvalue weighted by atomic mass is 16.1. The Balaban J connectivity index is 3.03. The maximum absolute atomic E-state index is 11.0. The summed E-state index contributed by atoms with van der Waals surface area (Å²) in [7, 11) is 0. The molecule has 0 unspecified atom stereocenters. The van der Waals surface area contributed by atoms with Gasteiger partial charge in [0.15, 0.2) is 5.78 Å². The second kappa shape index (κ2) is 4.00. The van der Waals surface area contributed by atoms with Crippen molar-refractivity contribution in [3.63, 3.8) is 0 Å². The van der Waals surface area contributed by atoms with Gasteiger partial charge in [-0.05, 0) is 18.7 Å². The fourth-order valence-electron chi connectivity index (χ4n) is 1.07. The summed E-state index contributed by atoms with van der Waals surface area (Å²) in [5, 5.41) is 0. The number of rotatable bonds is 3. The number of Topliss-reactive ketones (excluding diaryl/α,β-unsaturated/α-hetero) is 1. The molecular formula is C9H13N3O. The van der Waals surface area contributed by atoms with Gasteiger partial charge in [0.05, 0.1) is 0 Å². The number of hydrogen-bond donors (Lipinski definition) is 2. The minimum Gasteiger partial charge on any atom is -0.399 e. The van der Waals surface area contributed by atoms with Crippen LogP contribution in [0.4, 0.5) is 5.69 Å². The predicted molar refractivity (Wildman–Crippen MR) is 51.4 cm³/mol. The number of anilines is 1. The molecule has 13 heavy (non-hydrogen) atoms. The number of carbonyl (C=O) groups excluding carboxylic acids is 1. The molecule has 4 nitrogen and oxygen atoms in total. The van der Waals surface area contributed by atoms with E-state index >= 15 is 0 Å². The monoisotopic (exact) mass is 179 g/mol. The van der Waals surface area contributed by atoms with E-state index in [0.29, 0.717) is 24.3 Å². The van der Waals surface area contributed by atoms with Crippen molar-refractivity contribution < 1.29 is 4.79 Å². The van der Waals surface area contributed by atoms with Gasteiger partial charge >= 0.3 is 0 Å². The molecule has 0 saturated carbocycles. The zero-order chi connectivity index (χ0) is 9.84. The van der Waals surface area contributed by atoms with Crippen LogP contribution in [0.15, 0.2) is 12.1 Å². The van der Waals surface area contributed by atoms with Crippen molar-refractivity contribution in [2.24, 2.45) is 5.73 Å². The molecule has 0 aliphatic heterocycles. The maximum atomic E-state index is 11.0. The molecule has 4 heteroatoms. The van der Waals surface area contributed by atoms with Crippen LogP contribution < -0.4 is 11.5 Å². The Kier molecular flexibility index (Phi) is 2.97. The second-order valence-corrected chi connectivity index (χ2v) is 2.87. The molecule has 0 saturated heterocycles. The Bertz CT molecular complexity index is 323. The Labute approximate surface area is 77.0 Å². The SMILES string of the molecule is CC(=O)c1cc(N)cc(CCN)n1. The summed E-state index contributed by atoms with van der Waals surface area (Å²) < 4.78 is 0. The highest BCUT2D eigenvalue weighted by Crippen LogP contribution is 2.08. The van der Waals surface area contributed by atoms with Crippen LogP contribution in [0.25, 0.3) is 0 Å². The molecule has 0 aliphatic rings. The van der Waals surface area contributed by atoms with Gasteiger partial charge in [-0.25, -0.2) is 4.98 Å². The summed E-state index contributed by atoms with van der Waals surface area (Å²) in [6.45, 7) is 1.97. The van der Waals surface area contributed by atoms with E-state index in [2.05, 4.69) is 4.98 Å². The standard InChI is InChI=1S/C9H13N3O/c1-6(13)9-5-7(11)4-8(12-9)2-3-10/h4-5H,2-3,10H2,1H3,(H2,11,12). The van der Waals surface area contributed by atoms with Gasteiger partial charge < -0.3 is 11.5 Å². The minimum atomic E-state index is -0.0782. The summed E-state index contributed by atoms with van der Waals surface area (Å²) in [5.41, 5.74) is 12.7. The number of ketones is 1. The summed E-state index contributed by atoms with van der Waals surface area (Å²) in [5.74, 6) is -0.0782. The lowest BCUT2D eigenvalue weighted by Gasteiger charge is -2.02. The molecule has 0 aliphatic carbocycles. The molecule has 0 atom stereocenters. The van der Waals surface area contributed by atoms with Crippen LogP contribution >= 0.6 is 0 Å². The molecule has 4 N–H and O–H groups in total. The smallest absolute Gasteiger partial charge is 0.178 e. The Morgan fingerprint density at radius 1 is 1.54 bits per heavy atom. The first-order valence-corrected chi connectivity index (χ1v) is 4.11. The van der Waals surface area contributed by atoms with E-state index in [9.17, 15) is 4.79 Å². The third-order valence-corrected chi connectivity index (χ3v) is 1.66. The summed E-state index contributed by atoms with van der Waals surface area (Å²) >= 11 is 0. The van der Waals surface area contributed by atoms with E-state index in [-0.39, 0.29) is 5.78 Å². The topological polar surface area (TPSA) is 82.0 Å². The molecule has 1 heterocycles. The van der Waals surface area contributed by atoms with E-state index in [1.807, 2.05) is 0 Å². The first kappa shape index (κ1) is 9.67. The number of hydrogen-bond acceptors (Lipinski definition) is 4. The summed E-state index contributed by atoms with van der Waals surface area (Å²) in [4.78, 5) is 15.1. The number of nitrogens with two attached hydrogens (primary N) is 2. The van der Waals surface area contributed by atoms with Gasteiger partial charge in [-0.2, -0.15) is 0 Å². The second-order valence-electron chi connectivity index (χ2n) is 2.87. The van der Waals surface area contributed by atoms with Gasteiger partial charge in [-0.3, -0.25) is 4.79 Å². The van der Waals surface area contributed by atoms with E-state index in [0.717, 1.165) is 5.69 Å². The fourth-order valence-corrected chi connectivity index (χ4v) is 1.07. The van der Waals surface area contributed by atoms with Crippen molar-refractivity contribution in [2.45, 2.75) is 13.3 Å². The van der Waals surface area contributed by atoms with Crippen molar-refractivity contribution in [2.75, 3.05) is 12.3 Å². The Morgan fingerprint density at radius 2 is 2.23 bits per heavy atom. The largest absolute Gasteiger partial charge is 0.399 e. The molecule has 1 aromatic rings. The van der Waals surface area contributed by atoms with Gasteiger partial charge in [0.1, 0.15) is 5.69 Å². The van der Waals surface area contributed by atoms with Gasteiger partial charge in [0.25, 0.3) is 0 Å². The van der Waals surface area contributed by atoms with Gasteiger partial charge in [0.2, 0.25) is 0 Å². The number of pyridine rings is 1. The van der Waals surface area contributed by atoms with Gasteiger partial charge in [-0.1, -0.05) is 0 Å². The normalized spacial score (nSPS) is 10.0. The van der Waals surface area contributed by atoms with Crippen molar-refractivity contribution in [3.8, 4) is 0 Å². The van der Waals surface area contributed by atoms with Crippen LogP contribution in [0, 0.1) is 0 Å². The number of nitrogen functional groups attached to an aromatic ring is 1. The van der Waals surface area contributed by atoms with Crippen LogP contribution in [0.5, 0.6) is 0 Å². The number of carbonyl (C=O) groups is 1. The molecule has 0 bridgehead atoms. The number of nitrogens with zero attached hydrogens (tertiary/aromatic N) is 1. The third-order valence-electron chi connectivity index (χ3n) is 1.66. The van der Waals surface area contributed by atoms with Crippen LogP contribution in [-0.4, -0.2) is 17.3 Å². The van der Waals surface area contributed by atoms with Crippen LogP contribution in [0.2, 0.25) is 0 Å². The molecule has 0 spiro atoms. The highest BCUT2D eigenvalue weighted by Gasteiger charge is 2.04. The molecule has 1 aromatic heterocycles. The molecule has 0 fully saturated rings. The number of aromatic nitrogens is 1. The van der Waals surface area contributed by atoms with Crippen molar-refractivity contribution in [1.29, 1.82) is 0 Å². The summed E-state index contributed by atoms with van der Waals surface area (Å²) in [6.07, 6.45) is 0.644. The third kappa shape index (κ3) is 2.52. The average Bonchev–Trinajstić information content (AvgIpc) is 2.03. The van der Waals surface area contributed by atoms with E-state index < -0.39 is 0 Å². The lowest BCUT2D eigenvalue weighted by molar-refractivity contribution is 0.101. The lowest BCUT2D eigenvalue weighted by atomic mass is 10.2. The Hall–Kier alpha value is -1.42. The first-order valence-electron chi connectivity index (χ1n) is 4.11. The lowest BCUT2D eigenvalue weighted by Crippen LogP contribution is -2.08. The van der Waals surface area contributed by atoms with E-state index in [1.54, 1.807) is 12.1 Å². The summed E-state index contributed by atoms with van der Waals surface area (Å²) in [6, 6.07) is 3.31. The van der Waals surface area contributed by atoms with Crippen LogP contribution in [-0.2, 0) is 6.42 Å². The molecule has 0 amide bonds. The van der Waals surface area contributed by atoms with E-state index in [1.165, 1.54) is 6.92 Å². The quantitative estimate of drug-likeness (QED) is 0.657. The van der Waals surface area contributed by atoms with Crippen molar-refractivity contribution in [1.82, 2.24) is 4.98 Å². The molecule has 1 rings (SSSR count). The zero-order valence-electron chi connectivity index (χ0n) is 7.58. The van der Waals surface area contributed by atoms with Crippen molar-refractivity contribution in [3.05, 3.63) is 23.5 Å². The maximum Gasteiger partial charge on any atom is 0.178 e. The predicted octanol–water partition coefficient (Wildman–Crippen LogP) is 0.368. The molecule has 0 aromatic carbocycles. The van der Waals surface area contributed by atoms with Crippen molar-refractivity contribution >= 4 is 11.5 Å². The molecular weight excluding hydrogens is 166 g/mol.